The van der Waals surface area contributed by atoms with E-state index in [2.05, 4.69) is 23.4 Å². The minimum Gasteiger partial charge on any atom is -0.492 e. The number of thiazole rings is 1. The van der Waals surface area contributed by atoms with Crippen LogP contribution < -0.4 is 4.74 Å². The van der Waals surface area contributed by atoms with Gasteiger partial charge in [0.1, 0.15) is 5.75 Å². The van der Waals surface area contributed by atoms with Crippen LogP contribution in [0.15, 0.2) is 52.5 Å². The first-order chi connectivity index (χ1) is 10.8. The Hall–Kier alpha value is -1.72. The number of rotatable bonds is 7. The molecule has 0 saturated carbocycles. The van der Waals surface area contributed by atoms with Crippen molar-refractivity contribution in [2.75, 3.05) is 12.4 Å². The van der Waals surface area contributed by atoms with Crippen LogP contribution >= 0.6 is 23.1 Å². The molecule has 0 fully saturated rings. The first kappa shape index (κ1) is 15.2. The van der Waals surface area contributed by atoms with Gasteiger partial charge in [-0.3, -0.25) is 0 Å². The molecule has 0 N–H and O–H groups in total. The van der Waals surface area contributed by atoms with Crippen molar-refractivity contribution >= 4 is 23.1 Å². The van der Waals surface area contributed by atoms with E-state index < -0.39 is 0 Å². The van der Waals surface area contributed by atoms with Crippen LogP contribution in [-0.2, 0) is 5.75 Å². The Morgan fingerprint density at radius 1 is 1.23 bits per heavy atom. The molecule has 0 bridgehead atoms. The molecule has 3 rings (SSSR count). The highest BCUT2D eigenvalue weighted by Crippen LogP contribution is 2.25. The second-order valence-corrected chi connectivity index (χ2v) is 6.75. The summed E-state index contributed by atoms with van der Waals surface area (Å²) in [5, 5.41) is 3.03. The summed E-state index contributed by atoms with van der Waals surface area (Å²) < 4.78 is 11.1. The number of para-hydroxylation sites is 1. The Labute approximate surface area is 138 Å². The van der Waals surface area contributed by atoms with Crippen molar-refractivity contribution in [2.45, 2.75) is 12.7 Å². The SMILES string of the molecule is Cc1ccccc1OCCSCc1csc(-c2ccco2)n1. The number of benzene rings is 1. The number of nitrogens with zero attached hydrogens (tertiary/aromatic N) is 1. The average Bonchev–Trinajstić information content (AvgIpc) is 3.19. The number of ether oxygens (including phenoxy) is 1. The lowest BCUT2D eigenvalue weighted by Gasteiger charge is -2.08. The summed E-state index contributed by atoms with van der Waals surface area (Å²) in [7, 11) is 0. The Kier molecular flexibility index (Phi) is 5.19. The minimum absolute atomic E-state index is 0.713. The zero-order valence-corrected chi connectivity index (χ0v) is 14.0. The fourth-order valence-corrected chi connectivity index (χ4v) is 3.59. The van der Waals surface area contributed by atoms with Gasteiger partial charge in [-0.15, -0.1) is 11.3 Å². The molecule has 0 amide bonds. The van der Waals surface area contributed by atoms with Gasteiger partial charge in [-0.25, -0.2) is 4.98 Å². The smallest absolute Gasteiger partial charge is 0.162 e. The van der Waals surface area contributed by atoms with Crippen LogP contribution in [0, 0.1) is 6.92 Å². The van der Waals surface area contributed by atoms with E-state index in [1.807, 2.05) is 42.1 Å². The summed E-state index contributed by atoms with van der Waals surface area (Å²) in [5.74, 6) is 3.65. The highest BCUT2D eigenvalue weighted by atomic mass is 32.2. The minimum atomic E-state index is 0.713. The Morgan fingerprint density at radius 2 is 2.14 bits per heavy atom. The molecular formula is C17H17NO2S2. The fraction of sp³-hybridized carbons (Fsp3) is 0.235. The molecule has 0 atom stereocenters. The van der Waals surface area contributed by atoms with E-state index in [1.165, 1.54) is 5.56 Å². The Morgan fingerprint density at radius 3 is 2.95 bits per heavy atom. The number of aryl methyl sites for hydroxylation is 1. The highest BCUT2D eigenvalue weighted by molar-refractivity contribution is 7.98. The molecule has 114 valence electrons. The standard InChI is InChI=1S/C17H17NO2S2/c1-13-5-2-3-6-15(13)20-9-10-21-11-14-12-22-17(18-14)16-7-4-8-19-16/h2-8,12H,9-11H2,1H3. The molecule has 3 aromatic rings. The molecule has 0 saturated heterocycles. The van der Waals surface area contributed by atoms with Gasteiger partial charge >= 0.3 is 0 Å². The molecule has 5 heteroatoms. The fourth-order valence-electron chi connectivity index (χ4n) is 1.99. The maximum atomic E-state index is 5.79. The van der Waals surface area contributed by atoms with Crippen molar-refractivity contribution in [3.63, 3.8) is 0 Å². The monoisotopic (exact) mass is 331 g/mol. The quantitative estimate of drug-likeness (QED) is 0.569. The van der Waals surface area contributed by atoms with Crippen LogP contribution in [0.4, 0.5) is 0 Å². The first-order valence-electron chi connectivity index (χ1n) is 7.07. The molecule has 0 aliphatic rings. The van der Waals surface area contributed by atoms with Crippen LogP contribution in [-0.4, -0.2) is 17.3 Å². The Balaban J connectivity index is 1.41. The van der Waals surface area contributed by atoms with Crippen molar-refractivity contribution in [2.24, 2.45) is 0 Å². The second kappa shape index (κ2) is 7.51. The lowest BCUT2D eigenvalue weighted by Crippen LogP contribution is -2.01. The van der Waals surface area contributed by atoms with Gasteiger partial charge in [0.15, 0.2) is 10.8 Å². The van der Waals surface area contributed by atoms with Gasteiger partial charge in [0.2, 0.25) is 0 Å². The molecule has 3 nitrogen and oxygen atoms in total. The maximum absolute atomic E-state index is 5.79. The molecule has 0 unspecified atom stereocenters. The van der Waals surface area contributed by atoms with Gasteiger partial charge in [0, 0.05) is 16.9 Å². The topological polar surface area (TPSA) is 35.3 Å². The molecule has 2 aromatic heterocycles. The largest absolute Gasteiger partial charge is 0.492 e. The third kappa shape index (κ3) is 3.93. The van der Waals surface area contributed by atoms with Gasteiger partial charge in [0.25, 0.3) is 0 Å². The molecule has 22 heavy (non-hydrogen) atoms. The van der Waals surface area contributed by atoms with Crippen molar-refractivity contribution < 1.29 is 9.15 Å². The van der Waals surface area contributed by atoms with Crippen molar-refractivity contribution in [1.29, 1.82) is 0 Å². The molecular weight excluding hydrogens is 314 g/mol. The number of furan rings is 1. The predicted molar refractivity (Wildman–Crippen MR) is 92.7 cm³/mol. The van der Waals surface area contributed by atoms with E-state index in [4.69, 9.17) is 9.15 Å². The molecule has 1 aromatic carbocycles. The number of thioether (sulfide) groups is 1. The van der Waals surface area contributed by atoms with Crippen LogP contribution in [0.3, 0.4) is 0 Å². The molecule has 2 heterocycles. The van der Waals surface area contributed by atoms with Crippen LogP contribution in [0.1, 0.15) is 11.3 Å². The second-order valence-electron chi connectivity index (χ2n) is 4.79. The van der Waals surface area contributed by atoms with Gasteiger partial charge in [0.05, 0.1) is 18.6 Å². The highest BCUT2D eigenvalue weighted by Gasteiger charge is 2.07. The zero-order chi connectivity index (χ0) is 15.2. The van der Waals surface area contributed by atoms with Crippen LogP contribution in [0.25, 0.3) is 10.8 Å². The van der Waals surface area contributed by atoms with E-state index in [-0.39, 0.29) is 0 Å². The normalized spacial score (nSPS) is 10.8. The van der Waals surface area contributed by atoms with Gasteiger partial charge in [-0.05, 0) is 30.7 Å². The Bertz CT molecular complexity index is 707. The molecule has 0 aliphatic heterocycles. The summed E-state index contributed by atoms with van der Waals surface area (Å²) in [6.45, 7) is 2.78. The van der Waals surface area contributed by atoms with E-state index in [9.17, 15) is 0 Å². The van der Waals surface area contributed by atoms with Crippen LogP contribution in [0.5, 0.6) is 5.75 Å². The number of hydrogen-bond donors (Lipinski definition) is 0. The summed E-state index contributed by atoms with van der Waals surface area (Å²) in [4.78, 5) is 4.59. The van der Waals surface area contributed by atoms with E-state index in [0.717, 1.165) is 33.7 Å². The summed E-state index contributed by atoms with van der Waals surface area (Å²) >= 11 is 3.45. The van der Waals surface area contributed by atoms with Gasteiger partial charge < -0.3 is 9.15 Å². The van der Waals surface area contributed by atoms with Crippen molar-refractivity contribution in [3.8, 4) is 16.5 Å². The van der Waals surface area contributed by atoms with Gasteiger partial charge in [-0.2, -0.15) is 11.8 Å². The third-order valence-corrected chi connectivity index (χ3v) is 4.97. The van der Waals surface area contributed by atoms with E-state index in [0.29, 0.717) is 6.61 Å². The summed E-state index contributed by atoms with van der Waals surface area (Å²) in [6, 6.07) is 11.9. The van der Waals surface area contributed by atoms with E-state index in [1.54, 1.807) is 17.6 Å². The number of hydrogen-bond acceptors (Lipinski definition) is 5. The first-order valence-corrected chi connectivity index (χ1v) is 9.11. The summed E-state index contributed by atoms with van der Waals surface area (Å²) in [5.41, 5.74) is 2.27. The van der Waals surface area contributed by atoms with E-state index >= 15 is 0 Å². The average molecular weight is 331 g/mol. The van der Waals surface area contributed by atoms with Crippen LogP contribution in [0.2, 0.25) is 0 Å². The number of aromatic nitrogens is 1. The molecule has 0 spiro atoms. The lowest BCUT2D eigenvalue weighted by atomic mass is 10.2. The molecule has 0 aliphatic carbocycles. The summed E-state index contributed by atoms with van der Waals surface area (Å²) in [6.07, 6.45) is 1.67. The predicted octanol–water partition coefficient (Wildman–Crippen LogP) is 5.02. The van der Waals surface area contributed by atoms with Gasteiger partial charge in [-0.1, -0.05) is 18.2 Å². The third-order valence-electron chi connectivity index (χ3n) is 3.11. The molecule has 0 radical (unpaired) electrons. The maximum Gasteiger partial charge on any atom is 0.162 e. The lowest BCUT2D eigenvalue weighted by molar-refractivity contribution is 0.341. The van der Waals surface area contributed by atoms with Crippen molar-refractivity contribution in [3.05, 3.63) is 59.3 Å². The zero-order valence-electron chi connectivity index (χ0n) is 12.3. The van der Waals surface area contributed by atoms with Crippen molar-refractivity contribution in [1.82, 2.24) is 4.98 Å².